The number of halogens is 1. The fourth-order valence-corrected chi connectivity index (χ4v) is 5.10. The molecule has 1 aliphatic rings. The molecule has 0 bridgehead atoms. The third-order valence-electron chi connectivity index (χ3n) is 5.29. The maximum atomic E-state index is 12.8. The first-order valence-corrected chi connectivity index (χ1v) is 11.6. The molecule has 0 fully saturated rings. The van der Waals surface area contributed by atoms with Crippen molar-refractivity contribution in [2.75, 3.05) is 23.9 Å². The molecule has 1 heterocycles. The van der Waals surface area contributed by atoms with Crippen LogP contribution in [-0.2, 0) is 13.1 Å². The van der Waals surface area contributed by atoms with Crippen molar-refractivity contribution < 1.29 is 4.79 Å². The molecule has 6 nitrogen and oxygen atoms in total. The van der Waals surface area contributed by atoms with Gasteiger partial charge in [0.05, 0.1) is 16.4 Å². The topological polar surface area (TPSA) is 73.6 Å². The second-order valence-electron chi connectivity index (χ2n) is 7.65. The summed E-state index contributed by atoms with van der Waals surface area (Å²) in [6.07, 6.45) is 0. The predicted molar refractivity (Wildman–Crippen MR) is 134 cm³/mol. The van der Waals surface area contributed by atoms with Crippen LogP contribution in [0.2, 0.25) is 5.02 Å². The van der Waals surface area contributed by atoms with E-state index in [-0.39, 0.29) is 11.5 Å². The minimum absolute atomic E-state index is 0.252. The van der Waals surface area contributed by atoms with Gasteiger partial charge < -0.3 is 26.2 Å². The van der Waals surface area contributed by atoms with Crippen molar-refractivity contribution in [2.45, 2.75) is 23.5 Å². The van der Waals surface area contributed by atoms with Crippen LogP contribution < -0.4 is 26.2 Å². The fraction of sp³-hybridized carbons (Fsp3) is 0.208. The summed E-state index contributed by atoms with van der Waals surface area (Å²) in [6, 6.07) is 21.6. The summed E-state index contributed by atoms with van der Waals surface area (Å²) in [6.45, 7) is 0.783. The average molecular weight is 468 g/mol. The Morgan fingerprint density at radius 1 is 1.09 bits per heavy atom. The Bertz CT molecular complexity index is 1110. The lowest BCUT2D eigenvalue weighted by atomic mass is 10.1. The van der Waals surface area contributed by atoms with E-state index in [2.05, 4.69) is 15.5 Å². The molecule has 4 rings (SSSR count). The normalized spacial score (nSPS) is 14.8. The zero-order valence-corrected chi connectivity index (χ0v) is 19.6. The molecule has 0 saturated carbocycles. The van der Waals surface area contributed by atoms with Crippen molar-refractivity contribution in [1.29, 1.82) is 0 Å². The maximum absolute atomic E-state index is 12.8. The van der Waals surface area contributed by atoms with Crippen LogP contribution in [0.4, 0.5) is 21.9 Å². The summed E-state index contributed by atoms with van der Waals surface area (Å²) >= 11 is 8.17. The molecule has 0 spiro atoms. The highest BCUT2D eigenvalue weighted by molar-refractivity contribution is 8.00. The summed E-state index contributed by atoms with van der Waals surface area (Å²) in [4.78, 5) is 17.9. The SMILES string of the molecule is CN(C)c1ccc(CNC(=O)NC2Sc3ccccc3N2c2c(Cl)cccc2CN)cc1. The number of hydrogen-bond donors (Lipinski definition) is 3. The van der Waals surface area contributed by atoms with Crippen LogP contribution in [0.25, 0.3) is 0 Å². The number of fused-ring (bicyclic) bond motifs is 1. The minimum Gasteiger partial charge on any atom is -0.378 e. The number of benzene rings is 3. The van der Waals surface area contributed by atoms with E-state index in [4.69, 9.17) is 17.3 Å². The van der Waals surface area contributed by atoms with Crippen LogP contribution in [0.1, 0.15) is 11.1 Å². The van der Waals surface area contributed by atoms with E-state index >= 15 is 0 Å². The van der Waals surface area contributed by atoms with Crippen molar-refractivity contribution in [3.63, 3.8) is 0 Å². The Morgan fingerprint density at radius 3 is 2.56 bits per heavy atom. The molecule has 0 saturated heterocycles. The Balaban J connectivity index is 1.52. The number of nitrogens with zero attached hydrogens (tertiary/aromatic N) is 2. The summed E-state index contributed by atoms with van der Waals surface area (Å²) in [5.41, 5.74) is 10.5. The summed E-state index contributed by atoms with van der Waals surface area (Å²) in [5.74, 6) is 0. The Labute approximate surface area is 197 Å². The van der Waals surface area contributed by atoms with Gasteiger partial charge in [0.15, 0.2) is 5.50 Å². The van der Waals surface area contributed by atoms with Gasteiger partial charge in [-0.2, -0.15) is 0 Å². The standard InChI is InChI=1S/C24H26ClN5OS/c1-29(2)18-12-10-16(11-13-18)15-27-23(31)28-24-30(20-8-3-4-9-21(20)32-24)22-17(14-26)6-5-7-19(22)25/h3-13,24H,14-15,26H2,1-2H3,(H2,27,28,31). The van der Waals surface area contributed by atoms with Crippen molar-refractivity contribution in [3.8, 4) is 0 Å². The molecule has 0 aromatic heterocycles. The lowest BCUT2D eigenvalue weighted by Gasteiger charge is -2.30. The molecule has 32 heavy (non-hydrogen) atoms. The summed E-state index contributed by atoms with van der Waals surface area (Å²) in [7, 11) is 4.00. The molecule has 3 aromatic carbocycles. The number of thioether (sulfide) groups is 1. The number of nitrogens with two attached hydrogens (primary N) is 1. The lowest BCUT2D eigenvalue weighted by molar-refractivity contribution is 0.240. The van der Waals surface area contributed by atoms with Gasteiger partial charge in [0.1, 0.15) is 0 Å². The second-order valence-corrected chi connectivity index (χ2v) is 9.18. The molecule has 0 aliphatic carbocycles. The van der Waals surface area contributed by atoms with E-state index in [1.165, 1.54) is 0 Å². The quantitative estimate of drug-likeness (QED) is 0.481. The largest absolute Gasteiger partial charge is 0.378 e. The average Bonchev–Trinajstić information content (AvgIpc) is 3.15. The van der Waals surface area contributed by atoms with Gasteiger partial charge in [-0.1, -0.05) is 59.8 Å². The highest BCUT2D eigenvalue weighted by Gasteiger charge is 2.34. The van der Waals surface area contributed by atoms with Crippen molar-refractivity contribution in [1.82, 2.24) is 10.6 Å². The molecular weight excluding hydrogens is 442 g/mol. The monoisotopic (exact) mass is 467 g/mol. The number of hydrogen-bond acceptors (Lipinski definition) is 5. The molecule has 8 heteroatoms. The van der Waals surface area contributed by atoms with Gasteiger partial charge in [-0.3, -0.25) is 0 Å². The number of amides is 2. The van der Waals surface area contributed by atoms with E-state index in [0.717, 1.165) is 33.1 Å². The summed E-state index contributed by atoms with van der Waals surface area (Å²) in [5, 5.41) is 6.63. The summed E-state index contributed by atoms with van der Waals surface area (Å²) < 4.78 is 0. The molecule has 166 valence electrons. The molecule has 2 amide bonds. The predicted octanol–water partition coefficient (Wildman–Crippen LogP) is 4.89. The second kappa shape index (κ2) is 9.73. The number of carbonyl (C=O) groups excluding carboxylic acids is 1. The molecule has 1 aliphatic heterocycles. The Hall–Kier alpha value is -2.87. The third-order valence-corrected chi connectivity index (χ3v) is 6.75. The number of rotatable bonds is 6. The van der Waals surface area contributed by atoms with Gasteiger partial charge in [-0.15, -0.1) is 0 Å². The van der Waals surface area contributed by atoms with E-state index < -0.39 is 0 Å². The molecule has 0 radical (unpaired) electrons. The molecule has 4 N–H and O–H groups in total. The minimum atomic E-state index is -0.353. The van der Waals surface area contributed by atoms with Crippen LogP contribution in [0.3, 0.4) is 0 Å². The van der Waals surface area contributed by atoms with Crippen molar-refractivity contribution in [2.24, 2.45) is 5.73 Å². The smallest absolute Gasteiger partial charge is 0.317 e. The first kappa shape index (κ1) is 22.3. The van der Waals surface area contributed by atoms with E-state index in [1.54, 1.807) is 11.8 Å². The zero-order valence-electron chi connectivity index (χ0n) is 18.0. The van der Waals surface area contributed by atoms with E-state index in [0.29, 0.717) is 18.1 Å². The van der Waals surface area contributed by atoms with Crippen LogP contribution in [0.15, 0.2) is 71.6 Å². The third kappa shape index (κ3) is 4.65. The van der Waals surface area contributed by atoms with Gasteiger partial charge in [-0.05, 0) is 41.5 Å². The lowest BCUT2D eigenvalue weighted by Crippen LogP contribution is -2.46. The van der Waals surface area contributed by atoms with Crippen LogP contribution >= 0.6 is 23.4 Å². The number of urea groups is 1. The van der Waals surface area contributed by atoms with Crippen molar-refractivity contribution >= 4 is 46.5 Å². The first-order chi connectivity index (χ1) is 15.5. The zero-order chi connectivity index (χ0) is 22.7. The van der Waals surface area contributed by atoms with Crippen LogP contribution in [-0.4, -0.2) is 25.6 Å². The van der Waals surface area contributed by atoms with Gasteiger partial charge in [-0.25, -0.2) is 4.79 Å². The van der Waals surface area contributed by atoms with Gasteiger partial charge in [0, 0.05) is 37.8 Å². The molecule has 1 atom stereocenters. The fourth-order valence-electron chi connectivity index (χ4n) is 3.64. The molecule has 1 unspecified atom stereocenters. The van der Waals surface area contributed by atoms with Gasteiger partial charge >= 0.3 is 6.03 Å². The Morgan fingerprint density at radius 2 is 1.84 bits per heavy atom. The van der Waals surface area contributed by atoms with Gasteiger partial charge in [0.25, 0.3) is 0 Å². The van der Waals surface area contributed by atoms with Crippen molar-refractivity contribution in [3.05, 3.63) is 82.9 Å². The number of carbonyl (C=O) groups is 1. The van der Waals surface area contributed by atoms with E-state index in [1.807, 2.05) is 85.7 Å². The molecule has 3 aromatic rings. The Kier molecular flexibility index (Phi) is 6.79. The van der Waals surface area contributed by atoms with Gasteiger partial charge in [0.2, 0.25) is 0 Å². The first-order valence-electron chi connectivity index (χ1n) is 10.3. The maximum Gasteiger partial charge on any atom is 0.317 e. The van der Waals surface area contributed by atoms with E-state index in [9.17, 15) is 4.79 Å². The van der Waals surface area contributed by atoms with Crippen LogP contribution in [0.5, 0.6) is 0 Å². The highest BCUT2D eigenvalue weighted by atomic mass is 35.5. The van der Waals surface area contributed by atoms with Crippen LogP contribution in [0, 0.1) is 0 Å². The highest BCUT2D eigenvalue weighted by Crippen LogP contribution is 2.49. The number of nitrogens with one attached hydrogen (secondary N) is 2. The number of para-hydroxylation sites is 2. The number of anilines is 3. The molecular formula is C24H26ClN5OS.